The Kier molecular flexibility index (Phi) is 2.60. The van der Waals surface area contributed by atoms with Crippen molar-refractivity contribution in [3.8, 4) is 5.75 Å². The summed E-state index contributed by atoms with van der Waals surface area (Å²) in [5.41, 5.74) is 1.31. The third-order valence-corrected chi connectivity index (χ3v) is 3.65. The van der Waals surface area contributed by atoms with Gasteiger partial charge >= 0.3 is 0 Å². The number of carbonyl (C=O) groups is 1. The van der Waals surface area contributed by atoms with Crippen molar-refractivity contribution in [2.24, 2.45) is 0 Å². The van der Waals surface area contributed by atoms with Crippen molar-refractivity contribution in [2.45, 2.75) is 4.87 Å². The zero-order valence-electron chi connectivity index (χ0n) is 9.60. The lowest BCUT2D eigenvalue weighted by atomic mass is 9.88. The van der Waals surface area contributed by atoms with Crippen LogP contribution in [0.2, 0.25) is 0 Å². The van der Waals surface area contributed by atoms with Gasteiger partial charge in [0.15, 0.2) is 10.7 Å². The van der Waals surface area contributed by atoms with Crippen LogP contribution in [0.3, 0.4) is 0 Å². The number of para-hydroxylation sites is 1. The SMILES string of the molecule is O=C1c2ccccc2OCC1(Cl)c1ccccc1. The molecule has 90 valence electrons. The minimum absolute atomic E-state index is 0.0998. The van der Waals surface area contributed by atoms with Gasteiger partial charge in [0, 0.05) is 0 Å². The number of carbonyl (C=O) groups excluding carboxylic acids is 1. The van der Waals surface area contributed by atoms with Crippen LogP contribution in [0, 0.1) is 0 Å². The first-order chi connectivity index (χ1) is 8.72. The number of alkyl halides is 1. The second-order valence-corrected chi connectivity index (χ2v) is 4.93. The number of fused-ring (bicyclic) bond motifs is 1. The van der Waals surface area contributed by atoms with E-state index < -0.39 is 4.87 Å². The second kappa shape index (κ2) is 4.14. The fraction of sp³-hybridized carbons (Fsp3) is 0.133. The highest BCUT2D eigenvalue weighted by Gasteiger charge is 2.43. The first-order valence-electron chi connectivity index (χ1n) is 5.73. The highest BCUT2D eigenvalue weighted by atomic mass is 35.5. The molecule has 0 aromatic heterocycles. The van der Waals surface area contributed by atoms with Crippen LogP contribution in [0.1, 0.15) is 15.9 Å². The van der Waals surface area contributed by atoms with Gasteiger partial charge in [-0.3, -0.25) is 4.79 Å². The molecule has 3 rings (SSSR count). The van der Waals surface area contributed by atoms with Crippen LogP contribution in [-0.2, 0) is 4.87 Å². The Morgan fingerprint density at radius 1 is 1.00 bits per heavy atom. The maximum atomic E-state index is 12.5. The van der Waals surface area contributed by atoms with Crippen LogP contribution in [0.5, 0.6) is 5.75 Å². The third-order valence-electron chi connectivity index (χ3n) is 3.15. The molecule has 18 heavy (non-hydrogen) atoms. The summed E-state index contributed by atoms with van der Waals surface area (Å²) < 4.78 is 5.61. The molecule has 0 saturated carbocycles. The van der Waals surface area contributed by atoms with Gasteiger partial charge in [-0.25, -0.2) is 0 Å². The summed E-state index contributed by atoms with van der Waals surface area (Å²) in [5.74, 6) is 0.506. The topological polar surface area (TPSA) is 26.3 Å². The number of halogens is 1. The van der Waals surface area contributed by atoms with Gasteiger partial charge in [-0.1, -0.05) is 42.5 Å². The van der Waals surface area contributed by atoms with Gasteiger partial charge in [0.2, 0.25) is 0 Å². The first-order valence-corrected chi connectivity index (χ1v) is 6.11. The van der Waals surface area contributed by atoms with Gasteiger partial charge in [0.25, 0.3) is 0 Å². The van der Waals surface area contributed by atoms with E-state index in [2.05, 4.69) is 0 Å². The average Bonchev–Trinajstić information content (AvgIpc) is 2.44. The van der Waals surface area contributed by atoms with Crippen LogP contribution < -0.4 is 4.74 Å². The minimum atomic E-state index is -1.12. The van der Waals surface area contributed by atoms with Crippen molar-refractivity contribution in [3.05, 3.63) is 65.7 Å². The van der Waals surface area contributed by atoms with Crippen LogP contribution in [0.15, 0.2) is 54.6 Å². The summed E-state index contributed by atoms with van der Waals surface area (Å²) >= 11 is 6.50. The zero-order chi connectivity index (χ0) is 12.6. The monoisotopic (exact) mass is 258 g/mol. The largest absolute Gasteiger partial charge is 0.490 e. The van der Waals surface area contributed by atoms with Crippen molar-refractivity contribution in [2.75, 3.05) is 6.61 Å². The molecule has 0 saturated heterocycles. The van der Waals surface area contributed by atoms with Crippen molar-refractivity contribution in [3.63, 3.8) is 0 Å². The molecule has 1 aliphatic heterocycles. The zero-order valence-corrected chi connectivity index (χ0v) is 10.4. The van der Waals surface area contributed by atoms with E-state index in [0.717, 1.165) is 5.56 Å². The van der Waals surface area contributed by atoms with Gasteiger partial charge in [0.05, 0.1) is 5.56 Å². The molecule has 0 spiro atoms. The average molecular weight is 259 g/mol. The summed E-state index contributed by atoms with van der Waals surface area (Å²) in [6.45, 7) is 0.161. The second-order valence-electron chi connectivity index (χ2n) is 4.28. The smallest absolute Gasteiger partial charge is 0.195 e. The number of hydrogen-bond acceptors (Lipinski definition) is 2. The van der Waals surface area contributed by atoms with Crippen molar-refractivity contribution < 1.29 is 9.53 Å². The van der Waals surface area contributed by atoms with Gasteiger partial charge in [-0.15, -0.1) is 11.6 Å². The summed E-state index contributed by atoms with van der Waals surface area (Å²) in [5, 5.41) is 0. The van der Waals surface area contributed by atoms with E-state index in [-0.39, 0.29) is 12.4 Å². The Bertz CT molecular complexity index is 594. The Labute approximate surface area is 110 Å². The molecular formula is C15H11ClO2. The predicted molar refractivity (Wildman–Crippen MR) is 70.2 cm³/mol. The normalized spacial score (nSPS) is 22.2. The molecule has 0 fully saturated rings. The van der Waals surface area contributed by atoms with E-state index >= 15 is 0 Å². The quantitative estimate of drug-likeness (QED) is 0.733. The maximum Gasteiger partial charge on any atom is 0.195 e. The molecule has 0 radical (unpaired) electrons. The summed E-state index contributed by atoms with van der Waals surface area (Å²) in [6.07, 6.45) is 0. The van der Waals surface area contributed by atoms with Crippen LogP contribution in [0.25, 0.3) is 0 Å². The van der Waals surface area contributed by atoms with E-state index in [9.17, 15) is 4.79 Å². The highest BCUT2D eigenvalue weighted by molar-refractivity contribution is 6.38. The van der Waals surface area contributed by atoms with Crippen LogP contribution in [0.4, 0.5) is 0 Å². The molecule has 2 nitrogen and oxygen atoms in total. The van der Waals surface area contributed by atoms with Crippen molar-refractivity contribution in [1.29, 1.82) is 0 Å². The fourth-order valence-corrected chi connectivity index (χ4v) is 2.44. The molecule has 2 aromatic carbocycles. The molecule has 0 aliphatic carbocycles. The molecule has 1 atom stereocenters. The van der Waals surface area contributed by atoms with Crippen LogP contribution >= 0.6 is 11.6 Å². The molecule has 1 heterocycles. The number of ketones is 1. The van der Waals surface area contributed by atoms with E-state index in [0.29, 0.717) is 11.3 Å². The van der Waals surface area contributed by atoms with E-state index in [1.54, 1.807) is 12.1 Å². The van der Waals surface area contributed by atoms with Gasteiger partial charge in [-0.2, -0.15) is 0 Å². The van der Waals surface area contributed by atoms with Gasteiger partial charge in [-0.05, 0) is 17.7 Å². The molecule has 3 heteroatoms. The standard InChI is InChI=1S/C15H11ClO2/c16-15(11-6-2-1-3-7-11)10-18-13-9-5-4-8-12(13)14(15)17/h1-9H,10H2. The highest BCUT2D eigenvalue weighted by Crippen LogP contribution is 2.39. The maximum absolute atomic E-state index is 12.5. The van der Waals surface area contributed by atoms with Crippen LogP contribution in [-0.4, -0.2) is 12.4 Å². The lowest BCUT2D eigenvalue weighted by Gasteiger charge is -2.31. The molecule has 1 unspecified atom stereocenters. The third kappa shape index (κ3) is 1.61. The van der Waals surface area contributed by atoms with Gasteiger partial charge < -0.3 is 4.74 Å². The number of benzene rings is 2. The lowest BCUT2D eigenvalue weighted by molar-refractivity contribution is 0.0860. The molecule has 0 amide bonds. The molecule has 0 bridgehead atoms. The first kappa shape index (κ1) is 11.3. The Hall–Kier alpha value is -1.80. The number of Topliss-reactive ketones (excluding diaryl/α,β-unsaturated/α-hetero) is 1. The van der Waals surface area contributed by atoms with E-state index in [4.69, 9.17) is 16.3 Å². The summed E-state index contributed by atoms with van der Waals surface area (Å²) in [7, 11) is 0. The molecule has 0 N–H and O–H groups in total. The van der Waals surface area contributed by atoms with E-state index in [1.807, 2.05) is 42.5 Å². The summed E-state index contributed by atoms with van der Waals surface area (Å²) in [6, 6.07) is 16.5. The number of hydrogen-bond donors (Lipinski definition) is 0. The van der Waals surface area contributed by atoms with E-state index in [1.165, 1.54) is 0 Å². The fourth-order valence-electron chi connectivity index (χ4n) is 2.15. The Morgan fingerprint density at radius 2 is 1.67 bits per heavy atom. The molecule has 1 aliphatic rings. The predicted octanol–water partition coefficient (Wildman–Crippen LogP) is 3.40. The van der Waals surface area contributed by atoms with Crippen molar-refractivity contribution in [1.82, 2.24) is 0 Å². The van der Waals surface area contributed by atoms with Crippen molar-refractivity contribution >= 4 is 17.4 Å². The molecular weight excluding hydrogens is 248 g/mol. The Morgan fingerprint density at radius 3 is 2.44 bits per heavy atom. The number of rotatable bonds is 1. The lowest BCUT2D eigenvalue weighted by Crippen LogP contribution is -2.40. The minimum Gasteiger partial charge on any atom is -0.490 e. The number of ether oxygens (including phenoxy) is 1. The van der Waals surface area contributed by atoms with Gasteiger partial charge in [0.1, 0.15) is 12.4 Å². The summed E-state index contributed by atoms with van der Waals surface area (Å²) in [4.78, 5) is 11.4. The Balaban J connectivity index is 2.10. The molecule has 2 aromatic rings.